The van der Waals surface area contributed by atoms with Crippen LogP contribution >= 0.6 is 0 Å². The maximum atomic E-state index is 5.67. The van der Waals surface area contributed by atoms with Gasteiger partial charge in [-0.1, -0.05) is 13.0 Å². The molecule has 0 radical (unpaired) electrons. The number of aromatic nitrogens is 1. The van der Waals surface area contributed by atoms with Gasteiger partial charge in [0.2, 0.25) is 0 Å². The highest BCUT2D eigenvalue weighted by atomic mass is 16.5. The molecule has 2 unspecified atom stereocenters. The van der Waals surface area contributed by atoms with Crippen LogP contribution in [0, 0.1) is 0 Å². The van der Waals surface area contributed by atoms with Gasteiger partial charge in [0, 0.05) is 30.5 Å². The molecule has 3 heteroatoms. The van der Waals surface area contributed by atoms with Gasteiger partial charge in [-0.05, 0) is 50.8 Å². The maximum Gasteiger partial charge on any atom is 0.0626 e. The Balaban J connectivity index is 2.12. The lowest BCUT2D eigenvalue weighted by Gasteiger charge is -2.32. The van der Waals surface area contributed by atoms with E-state index in [1.165, 1.54) is 30.5 Å². The Morgan fingerprint density at radius 3 is 3.16 bits per heavy atom. The van der Waals surface area contributed by atoms with E-state index in [9.17, 15) is 0 Å². The highest BCUT2D eigenvalue weighted by molar-refractivity contribution is 5.27. The zero-order chi connectivity index (χ0) is 13.5. The van der Waals surface area contributed by atoms with Gasteiger partial charge in [0.05, 0.1) is 6.61 Å². The van der Waals surface area contributed by atoms with E-state index in [0.29, 0.717) is 12.0 Å². The van der Waals surface area contributed by atoms with Crippen molar-refractivity contribution in [2.75, 3.05) is 19.8 Å². The van der Waals surface area contributed by atoms with E-state index in [2.05, 4.69) is 36.3 Å². The molecule has 2 rings (SSSR count). The first-order valence-electron chi connectivity index (χ1n) is 7.61. The first kappa shape index (κ1) is 14.5. The minimum absolute atomic E-state index is 0.397. The summed E-state index contributed by atoms with van der Waals surface area (Å²) in [5.41, 5.74) is 2.72. The van der Waals surface area contributed by atoms with Gasteiger partial charge in [0.25, 0.3) is 0 Å². The van der Waals surface area contributed by atoms with Gasteiger partial charge < -0.3 is 10.1 Å². The van der Waals surface area contributed by atoms with Crippen LogP contribution in [0.3, 0.4) is 0 Å². The van der Waals surface area contributed by atoms with Gasteiger partial charge in [0.15, 0.2) is 0 Å². The van der Waals surface area contributed by atoms with Crippen molar-refractivity contribution in [1.82, 2.24) is 10.3 Å². The minimum Gasteiger partial charge on any atom is -0.380 e. The van der Waals surface area contributed by atoms with Crippen molar-refractivity contribution in [3.8, 4) is 0 Å². The fourth-order valence-electron chi connectivity index (χ4n) is 2.93. The Hall–Kier alpha value is -0.930. The van der Waals surface area contributed by atoms with Gasteiger partial charge in [-0.15, -0.1) is 0 Å². The van der Waals surface area contributed by atoms with Crippen LogP contribution in [0.5, 0.6) is 0 Å². The lowest BCUT2D eigenvalue weighted by atomic mass is 9.82. The van der Waals surface area contributed by atoms with E-state index < -0.39 is 0 Å². The van der Waals surface area contributed by atoms with Gasteiger partial charge in [0.1, 0.15) is 0 Å². The van der Waals surface area contributed by atoms with E-state index >= 15 is 0 Å². The molecule has 2 atom stereocenters. The SMILES string of the molecule is CCCNC(COCC)C1CCCc2cccnc21. The van der Waals surface area contributed by atoms with Crippen LogP contribution in [-0.4, -0.2) is 30.8 Å². The number of nitrogens with zero attached hydrogens (tertiary/aromatic N) is 1. The summed E-state index contributed by atoms with van der Waals surface area (Å²) in [6.45, 7) is 6.89. The van der Waals surface area contributed by atoms with Crippen LogP contribution in [0.4, 0.5) is 0 Å². The number of fused-ring (bicyclic) bond motifs is 1. The number of ether oxygens (including phenoxy) is 1. The van der Waals surface area contributed by atoms with Crippen molar-refractivity contribution in [3.63, 3.8) is 0 Å². The van der Waals surface area contributed by atoms with E-state index in [1.54, 1.807) is 0 Å². The Morgan fingerprint density at radius 1 is 1.47 bits per heavy atom. The first-order chi connectivity index (χ1) is 9.36. The summed E-state index contributed by atoms with van der Waals surface area (Å²) in [6, 6.07) is 4.68. The van der Waals surface area contributed by atoms with Crippen LogP contribution in [0.1, 0.15) is 50.3 Å². The quantitative estimate of drug-likeness (QED) is 0.820. The number of aryl methyl sites for hydroxylation is 1. The molecule has 0 aromatic carbocycles. The molecule has 1 aromatic rings. The van der Waals surface area contributed by atoms with E-state index in [4.69, 9.17) is 4.74 Å². The molecule has 0 saturated carbocycles. The van der Waals surface area contributed by atoms with E-state index in [1.807, 2.05) is 6.20 Å². The Bertz CT molecular complexity index is 373. The smallest absolute Gasteiger partial charge is 0.0626 e. The minimum atomic E-state index is 0.397. The third kappa shape index (κ3) is 3.77. The number of nitrogens with one attached hydrogen (secondary N) is 1. The van der Waals surface area contributed by atoms with Crippen LogP contribution in [-0.2, 0) is 11.2 Å². The van der Waals surface area contributed by atoms with Crippen molar-refractivity contribution in [2.24, 2.45) is 0 Å². The first-order valence-corrected chi connectivity index (χ1v) is 7.61. The van der Waals surface area contributed by atoms with Crippen LogP contribution in [0.2, 0.25) is 0 Å². The molecule has 106 valence electrons. The molecule has 0 bridgehead atoms. The topological polar surface area (TPSA) is 34.1 Å². The van der Waals surface area contributed by atoms with Crippen molar-refractivity contribution in [2.45, 2.75) is 51.5 Å². The second kappa shape index (κ2) is 7.61. The standard InChI is InChI=1S/C16H26N2O/c1-3-10-17-15(12-19-4-2)14-9-5-7-13-8-6-11-18-16(13)14/h6,8,11,14-15,17H,3-5,7,9-10,12H2,1-2H3. The largest absolute Gasteiger partial charge is 0.380 e. The zero-order valence-corrected chi connectivity index (χ0v) is 12.2. The van der Waals surface area contributed by atoms with E-state index in [0.717, 1.165) is 26.2 Å². The summed E-state index contributed by atoms with van der Waals surface area (Å²) < 4.78 is 5.67. The second-order valence-corrected chi connectivity index (χ2v) is 5.27. The molecule has 0 saturated heterocycles. The average molecular weight is 262 g/mol. The zero-order valence-electron chi connectivity index (χ0n) is 12.2. The highest BCUT2D eigenvalue weighted by Crippen LogP contribution is 2.32. The maximum absolute atomic E-state index is 5.67. The molecule has 0 spiro atoms. The molecule has 0 fully saturated rings. The predicted octanol–water partition coefficient (Wildman–Crippen LogP) is 2.91. The Labute approximate surface area is 116 Å². The highest BCUT2D eigenvalue weighted by Gasteiger charge is 2.28. The van der Waals surface area contributed by atoms with Crippen molar-refractivity contribution in [3.05, 3.63) is 29.6 Å². The summed E-state index contributed by atoms with van der Waals surface area (Å²) in [7, 11) is 0. The van der Waals surface area contributed by atoms with Crippen molar-refractivity contribution in [1.29, 1.82) is 0 Å². The third-order valence-corrected chi connectivity index (χ3v) is 3.88. The lowest BCUT2D eigenvalue weighted by molar-refractivity contribution is 0.111. The van der Waals surface area contributed by atoms with Crippen LogP contribution < -0.4 is 5.32 Å². The summed E-state index contributed by atoms with van der Waals surface area (Å²) in [5, 5.41) is 3.65. The molecule has 0 amide bonds. The number of pyridine rings is 1. The molecule has 3 nitrogen and oxygen atoms in total. The number of rotatable bonds is 7. The lowest BCUT2D eigenvalue weighted by Crippen LogP contribution is -2.41. The van der Waals surface area contributed by atoms with Crippen LogP contribution in [0.15, 0.2) is 18.3 Å². The van der Waals surface area contributed by atoms with Crippen LogP contribution in [0.25, 0.3) is 0 Å². The fraction of sp³-hybridized carbons (Fsp3) is 0.688. The molecule has 19 heavy (non-hydrogen) atoms. The second-order valence-electron chi connectivity index (χ2n) is 5.27. The number of hydrogen-bond acceptors (Lipinski definition) is 3. The Kier molecular flexibility index (Phi) is 5.80. The predicted molar refractivity (Wildman–Crippen MR) is 78.5 cm³/mol. The molecular weight excluding hydrogens is 236 g/mol. The van der Waals surface area contributed by atoms with Crippen molar-refractivity contribution >= 4 is 0 Å². The monoisotopic (exact) mass is 262 g/mol. The fourth-order valence-corrected chi connectivity index (χ4v) is 2.93. The summed E-state index contributed by atoms with van der Waals surface area (Å²) >= 11 is 0. The summed E-state index contributed by atoms with van der Waals surface area (Å²) in [6.07, 6.45) is 6.74. The van der Waals surface area contributed by atoms with Crippen molar-refractivity contribution < 1.29 is 4.74 Å². The third-order valence-electron chi connectivity index (χ3n) is 3.88. The normalized spacial score (nSPS) is 20.0. The van der Waals surface area contributed by atoms with E-state index in [-0.39, 0.29) is 0 Å². The number of hydrogen-bond donors (Lipinski definition) is 1. The van der Waals surface area contributed by atoms with Gasteiger partial charge in [-0.3, -0.25) is 4.98 Å². The Morgan fingerprint density at radius 2 is 2.37 bits per heavy atom. The molecule has 1 aliphatic carbocycles. The van der Waals surface area contributed by atoms with Gasteiger partial charge in [-0.2, -0.15) is 0 Å². The molecule has 1 aromatic heterocycles. The van der Waals surface area contributed by atoms with Gasteiger partial charge in [-0.25, -0.2) is 0 Å². The summed E-state index contributed by atoms with van der Waals surface area (Å²) in [4.78, 5) is 4.64. The average Bonchev–Trinajstić information content (AvgIpc) is 2.47. The summed E-state index contributed by atoms with van der Waals surface area (Å²) in [5.74, 6) is 0.503. The molecule has 1 aliphatic rings. The van der Waals surface area contributed by atoms with Gasteiger partial charge >= 0.3 is 0 Å². The molecule has 1 heterocycles. The molecular formula is C16H26N2O. The molecule has 0 aliphatic heterocycles. The molecule has 1 N–H and O–H groups in total.